The van der Waals surface area contributed by atoms with Gasteiger partial charge in [-0.25, -0.2) is 12.7 Å². The van der Waals surface area contributed by atoms with Crippen LogP contribution >= 0.6 is 11.8 Å². The van der Waals surface area contributed by atoms with Gasteiger partial charge in [-0.3, -0.25) is 4.79 Å². The molecule has 1 N–H and O–H groups in total. The molecule has 0 spiro atoms. The maximum absolute atomic E-state index is 12.5. The molecule has 0 aromatic heterocycles. The molecule has 1 aromatic rings. The van der Waals surface area contributed by atoms with Crippen molar-refractivity contribution in [1.82, 2.24) is 4.31 Å². The summed E-state index contributed by atoms with van der Waals surface area (Å²) in [5.74, 6) is -0.374. The highest BCUT2D eigenvalue weighted by Gasteiger charge is 2.30. The molecule has 0 bridgehead atoms. The van der Waals surface area contributed by atoms with Crippen molar-refractivity contribution in [2.24, 2.45) is 5.92 Å². The molecule has 3 rings (SSSR count). The van der Waals surface area contributed by atoms with Gasteiger partial charge in [0.15, 0.2) is 0 Å². The van der Waals surface area contributed by atoms with Crippen LogP contribution in [-0.2, 0) is 14.8 Å². The summed E-state index contributed by atoms with van der Waals surface area (Å²) >= 11 is 1.92. The van der Waals surface area contributed by atoms with Gasteiger partial charge in [-0.2, -0.15) is 0 Å². The number of anilines is 1. The monoisotopic (exact) mass is 382 g/mol. The number of piperidine rings is 1. The lowest BCUT2D eigenvalue weighted by atomic mass is 9.99. The Labute approximate surface area is 154 Å². The standard InChI is InChI=1S/C18H26N2O3S2/c1-25(22,23)20-12-4-5-14(13-20)18(21)19-15-8-10-17(11-9-15)24-16-6-2-3-7-16/h8-11,14,16H,2-7,12-13H2,1H3,(H,19,21)/t14-/m1/s1. The molecule has 0 unspecified atom stereocenters. The first-order valence-corrected chi connectivity index (χ1v) is 11.7. The van der Waals surface area contributed by atoms with E-state index in [1.807, 2.05) is 23.9 Å². The molecule has 1 aliphatic heterocycles. The lowest BCUT2D eigenvalue weighted by Gasteiger charge is -2.30. The van der Waals surface area contributed by atoms with Gasteiger partial charge in [-0.1, -0.05) is 12.8 Å². The second kappa shape index (κ2) is 8.10. The molecule has 138 valence electrons. The van der Waals surface area contributed by atoms with Crippen LogP contribution in [0.15, 0.2) is 29.2 Å². The summed E-state index contributed by atoms with van der Waals surface area (Å²) in [5, 5.41) is 3.66. The van der Waals surface area contributed by atoms with Crippen molar-refractivity contribution >= 4 is 33.4 Å². The largest absolute Gasteiger partial charge is 0.326 e. The maximum Gasteiger partial charge on any atom is 0.228 e. The molecule has 1 aromatic carbocycles. The van der Waals surface area contributed by atoms with Gasteiger partial charge in [0.25, 0.3) is 0 Å². The van der Waals surface area contributed by atoms with Crippen molar-refractivity contribution in [3.8, 4) is 0 Å². The molecular weight excluding hydrogens is 356 g/mol. The van der Waals surface area contributed by atoms with Gasteiger partial charge in [0.2, 0.25) is 15.9 Å². The number of thioether (sulfide) groups is 1. The predicted molar refractivity (Wildman–Crippen MR) is 102 cm³/mol. The number of hydrogen-bond acceptors (Lipinski definition) is 4. The fraction of sp³-hybridized carbons (Fsp3) is 0.611. The van der Waals surface area contributed by atoms with E-state index < -0.39 is 10.0 Å². The normalized spacial score (nSPS) is 22.8. The third-order valence-electron chi connectivity index (χ3n) is 4.95. The van der Waals surface area contributed by atoms with E-state index in [0.29, 0.717) is 6.54 Å². The predicted octanol–water partition coefficient (Wildman–Crippen LogP) is 3.33. The highest BCUT2D eigenvalue weighted by molar-refractivity contribution is 8.00. The number of nitrogens with zero attached hydrogens (tertiary/aromatic N) is 1. The first-order chi connectivity index (χ1) is 11.9. The van der Waals surface area contributed by atoms with E-state index in [1.165, 1.54) is 41.1 Å². The molecule has 2 aliphatic rings. The van der Waals surface area contributed by atoms with Gasteiger partial charge in [-0.05, 0) is 49.9 Å². The zero-order valence-corrected chi connectivity index (χ0v) is 16.2. The maximum atomic E-state index is 12.5. The summed E-state index contributed by atoms with van der Waals surface area (Å²) in [6.07, 6.45) is 7.91. The molecule has 5 nitrogen and oxygen atoms in total. The molecule has 1 saturated carbocycles. The van der Waals surface area contributed by atoms with Crippen LogP contribution in [0.25, 0.3) is 0 Å². The number of hydrogen-bond donors (Lipinski definition) is 1. The second-order valence-corrected chi connectivity index (χ2v) is 10.4. The van der Waals surface area contributed by atoms with E-state index in [2.05, 4.69) is 17.4 Å². The number of sulfonamides is 1. The summed E-state index contributed by atoms with van der Waals surface area (Å²) in [6.45, 7) is 0.788. The number of rotatable bonds is 5. The highest BCUT2D eigenvalue weighted by atomic mass is 32.2. The van der Waals surface area contributed by atoms with E-state index in [-0.39, 0.29) is 18.4 Å². The second-order valence-electron chi connectivity index (χ2n) is 7.00. The number of benzene rings is 1. The van der Waals surface area contributed by atoms with Crippen molar-refractivity contribution in [3.05, 3.63) is 24.3 Å². The van der Waals surface area contributed by atoms with Gasteiger partial charge in [0.05, 0.1) is 12.2 Å². The number of carbonyl (C=O) groups excluding carboxylic acids is 1. The van der Waals surface area contributed by atoms with Crippen LogP contribution in [0.3, 0.4) is 0 Å². The summed E-state index contributed by atoms with van der Waals surface area (Å²) < 4.78 is 24.8. The SMILES string of the molecule is CS(=O)(=O)N1CCC[C@@H](C(=O)Nc2ccc(SC3CCCC3)cc2)C1. The molecule has 1 saturated heterocycles. The lowest BCUT2D eigenvalue weighted by Crippen LogP contribution is -2.43. The summed E-state index contributed by atoms with van der Waals surface area (Å²) in [4.78, 5) is 13.7. The number of amides is 1. The van der Waals surface area contributed by atoms with E-state index in [4.69, 9.17) is 0 Å². The van der Waals surface area contributed by atoms with Crippen molar-refractivity contribution in [2.75, 3.05) is 24.7 Å². The average Bonchev–Trinajstić information content (AvgIpc) is 3.09. The van der Waals surface area contributed by atoms with E-state index in [1.54, 1.807) is 0 Å². The molecule has 0 radical (unpaired) electrons. The molecule has 2 fully saturated rings. The van der Waals surface area contributed by atoms with Crippen LogP contribution in [0.4, 0.5) is 5.69 Å². The van der Waals surface area contributed by atoms with Crippen LogP contribution in [0.2, 0.25) is 0 Å². The van der Waals surface area contributed by atoms with E-state index in [0.717, 1.165) is 23.8 Å². The minimum atomic E-state index is -3.23. The van der Waals surface area contributed by atoms with Gasteiger partial charge in [-0.15, -0.1) is 11.8 Å². The number of carbonyl (C=O) groups is 1. The third-order valence-corrected chi connectivity index (χ3v) is 7.57. The van der Waals surface area contributed by atoms with Gasteiger partial charge >= 0.3 is 0 Å². The lowest BCUT2D eigenvalue weighted by molar-refractivity contribution is -0.120. The fourth-order valence-corrected chi connectivity index (χ4v) is 5.68. The van der Waals surface area contributed by atoms with Crippen molar-refractivity contribution < 1.29 is 13.2 Å². The Hall–Kier alpha value is -1.05. The van der Waals surface area contributed by atoms with Crippen molar-refractivity contribution in [1.29, 1.82) is 0 Å². The zero-order valence-electron chi connectivity index (χ0n) is 14.6. The smallest absolute Gasteiger partial charge is 0.228 e. The topological polar surface area (TPSA) is 66.5 Å². The molecule has 1 amide bonds. The minimum absolute atomic E-state index is 0.0930. The summed E-state index contributed by atoms with van der Waals surface area (Å²) in [5.41, 5.74) is 0.775. The van der Waals surface area contributed by atoms with Crippen molar-refractivity contribution in [3.63, 3.8) is 0 Å². The Morgan fingerprint density at radius 2 is 1.80 bits per heavy atom. The quantitative estimate of drug-likeness (QED) is 0.848. The summed E-state index contributed by atoms with van der Waals surface area (Å²) in [6, 6.07) is 7.99. The third kappa shape index (κ3) is 5.21. The van der Waals surface area contributed by atoms with Crippen molar-refractivity contribution in [2.45, 2.75) is 48.7 Å². The molecule has 7 heteroatoms. The first kappa shape index (κ1) is 18.7. The van der Waals surface area contributed by atoms with Crippen LogP contribution in [0, 0.1) is 5.92 Å². The zero-order chi connectivity index (χ0) is 17.9. The number of nitrogens with one attached hydrogen (secondary N) is 1. The van der Waals surface area contributed by atoms with E-state index in [9.17, 15) is 13.2 Å². The van der Waals surface area contributed by atoms with Gasteiger partial charge in [0.1, 0.15) is 0 Å². The fourth-order valence-electron chi connectivity index (χ4n) is 3.52. The minimum Gasteiger partial charge on any atom is -0.326 e. The Kier molecular flexibility index (Phi) is 6.07. The molecule has 1 aliphatic carbocycles. The molecule has 1 heterocycles. The Balaban J connectivity index is 1.55. The van der Waals surface area contributed by atoms with Crippen LogP contribution in [0.5, 0.6) is 0 Å². The average molecular weight is 383 g/mol. The van der Waals surface area contributed by atoms with Crippen LogP contribution < -0.4 is 5.32 Å². The Morgan fingerprint density at radius 1 is 1.12 bits per heavy atom. The first-order valence-electron chi connectivity index (χ1n) is 8.94. The van der Waals surface area contributed by atoms with Crippen LogP contribution in [0.1, 0.15) is 38.5 Å². The van der Waals surface area contributed by atoms with Gasteiger partial charge < -0.3 is 5.32 Å². The molecule has 25 heavy (non-hydrogen) atoms. The summed E-state index contributed by atoms with van der Waals surface area (Å²) in [7, 11) is -3.23. The van der Waals surface area contributed by atoms with E-state index >= 15 is 0 Å². The highest BCUT2D eigenvalue weighted by Crippen LogP contribution is 2.35. The van der Waals surface area contributed by atoms with Gasteiger partial charge in [0, 0.05) is 28.9 Å². The molecule has 1 atom stereocenters. The Bertz CT molecular complexity index is 698. The Morgan fingerprint density at radius 3 is 2.44 bits per heavy atom. The van der Waals surface area contributed by atoms with Crippen LogP contribution in [-0.4, -0.2) is 43.2 Å². The molecular formula is C18H26N2O3S2.